The van der Waals surface area contributed by atoms with E-state index in [1.54, 1.807) is 0 Å². The first kappa shape index (κ1) is 13.0. The fourth-order valence-corrected chi connectivity index (χ4v) is 0.712. The number of hydrogen-bond acceptors (Lipinski definition) is 6. The van der Waals surface area contributed by atoms with Crippen molar-refractivity contribution in [1.82, 2.24) is 0 Å². The van der Waals surface area contributed by atoms with Gasteiger partial charge in [0.15, 0.2) is 0 Å². The Labute approximate surface area is 84.5 Å². The molecule has 0 aliphatic heterocycles. The third kappa shape index (κ3) is 5.37. The molecule has 9 heteroatoms. The van der Waals surface area contributed by atoms with Crippen LogP contribution >= 0.6 is 28.0 Å². The van der Waals surface area contributed by atoms with E-state index >= 15 is 0 Å². The van der Waals surface area contributed by atoms with Gasteiger partial charge in [-0.15, -0.1) is 4.33 Å². The van der Waals surface area contributed by atoms with Crippen LogP contribution in [-0.2, 0) is 18.9 Å². The minimum Gasteiger partial charge on any atom is -0.460 e. The average Bonchev–Trinajstić information content (AvgIpc) is 2.10. The number of carbonyl (C=O) groups excluding carboxylic acids is 1. The molecule has 0 aromatic rings. The van der Waals surface area contributed by atoms with Gasteiger partial charge in [-0.05, 0) is 0 Å². The van der Waals surface area contributed by atoms with Crippen LogP contribution in [0, 0.1) is 0 Å². The van der Waals surface area contributed by atoms with Gasteiger partial charge in [-0.3, -0.25) is 0 Å². The topological polar surface area (TPSA) is 65.0 Å². The Hall–Kier alpha value is 0.0400. The number of rotatable bonds is 6. The minimum absolute atomic E-state index is 0.186. The van der Waals surface area contributed by atoms with Gasteiger partial charge in [0.25, 0.3) is 0 Å². The lowest BCUT2D eigenvalue weighted by molar-refractivity contribution is -0.433. The average molecular weight is 283 g/mol. The van der Waals surface area contributed by atoms with Crippen molar-refractivity contribution in [1.29, 1.82) is 0 Å². The molecule has 0 bridgehead atoms. The van der Waals surface area contributed by atoms with Crippen LogP contribution in [0.2, 0.25) is 0 Å². The van der Waals surface area contributed by atoms with E-state index in [0.717, 1.165) is 0 Å². The molecule has 5 nitrogen and oxygen atoms in total. The first-order chi connectivity index (χ1) is 6.04. The van der Waals surface area contributed by atoms with Crippen LogP contribution in [0.1, 0.15) is 0 Å². The van der Waals surface area contributed by atoms with E-state index in [9.17, 15) is 13.6 Å². The monoisotopic (exact) mass is 282 g/mol. The predicted octanol–water partition coefficient (Wildman–Crippen LogP) is 1.59. The summed E-state index contributed by atoms with van der Waals surface area (Å²) in [6, 6.07) is 0. The van der Waals surface area contributed by atoms with Gasteiger partial charge in [-0.2, -0.15) is 8.78 Å². The molecular formula is C4H5BrF2O5S. The Morgan fingerprint density at radius 3 is 2.69 bits per heavy atom. The van der Waals surface area contributed by atoms with Crippen LogP contribution < -0.4 is 0 Å². The van der Waals surface area contributed by atoms with Crippen molar-refractivity contribution in [2.75, 3.05) is 11.9 Å². The summed E-state index contributed by atoms with van der Waals surface area (Å²) in [5.41, 5.74) is 0. The number of carbonyl (C=O) groups is 1. The van der Waals surface area contributed by atoms with E-state index in [2.05, 4.69) is 30.0 Å². The Balaban J connectivity index is 3.87. The van der Waals surface area contributed by atoms with Gasteiger partial charge in [0.05, 0.1) is 0 Å². The van der Waals surface area contributed by atoms with Crippen LogP contribution in [0.15, 0.2) is 0 Å². The first-order valence-corrected chi connectivity index (χ1v) is 4.68. The molecule has 0 atom stereocenters. The van der Waals surface area contributed by atoms with Crippen molar-refractivity contribution in [3.05, 3.63) is 0 Å². The number of hydrogen-bond donors (Lipinski definition) is 1. The van der Waals surface area contributed by atoms with Crippen molar-refractivity contribution >= 4 is 33.9 Å². The summed E-state index contributed by atoms with van der Waals surface area (Å²) in [6.07, 6.45) is 0. The summed E-state index contributed by atoms with van der Waals surface area (Å²) in [4.78, 5) is 10.5. The molecule has 1 N–H and O–H groups in total. The number of esters is 1. The molecule has 78 valence electrons. The normalized spacial score (nSPS) is 11.4. The largest absolute Gasteiger partial charge is 0.460 e. The van der Waals surface area contributed by atoms with Gasteiger partial charge in [0.2, 0.25) is 0 Å². The van der Waals surface area contributed by atoms with Crippen molar-refractivity contribution in [2.24, 2.45) is 0 Å². The van der Waals surface area contributed by atoms with E-state index in [0.29, 0.717) is 0 Å². The molecule has 0 saturated heterocycles. The highest BCUT2D eigenvalue weighted by atomic mass is 79.9. The fourth-order valence-electron chi connectivity index (χ4n) is 0.307. The highest BCUT2D eigenvalue weighted by Crippen LogP contribution is 2.31. The molecule has 13 heavy (non-hydrogen) atoms. The molecule has 0 aromatic heterocycles. The molecular weight excluding hydrogens is 278 g/mol. The van der Waals surface area contributed by atoms with Crippen molar-refractivity contribution in [3.8, 4) is 0 Å². The van der Waals surface area contributed by atoms with Gasteiger partial charge < -0.3 is 4.74 Å². The minimum atomic E-state index is -3.91. The maximum Gasteiger partial charge on any atom is 0.415 e. The zero-order chi connectivity index (χ0) is 10.3. The van der Waals surface area contributed by atoms with Gasteiger partial charge in [-0.1, -0.05) is 21.0 Å². The molecule has 0 spiro atoms. The Kier molecular flexibility index (Phi) is 6.51. The fraction of sp³-hybridized carbons (Fsp3) is 0.750. The number of ether oxygens (including phenoxy) is 1. The molecule has 0 unspecified atom stereocenters. The van der Waals surface area contributed by atoms with Gasteiger partial charge in [0, 0.05) is 5.33 Å². The quantitative estimate of drug-likeness (QED) is 0.262. The predicted molar refractivity (Wildman–Crippen MR) is 42.1 cm³/mol. The lowest BCUT2D eigenvalue weighted by Gasteiger charge is -2.10. The van der Waals surface area contributed by atoms with Crippen molar-refractivity contribution in [2.45, 2.75) is 5.25 Å². The zero-order valence-corrected chi connectivity index (χ0v) is 8.44. The summed E-state index contributed by atoms with van der Waals surface area (Å²) in [5.74, 6) is -1.77. The lowest BCUT2D eigenvalue weighted by Crippen LogP contribution is -2.28. The second-order valence-electron chi connectivity index (χ2n) is 1.57. The summed E-state index contributed by atoms with van der Waals surface area (Å²) < 4.78 is 32.5. The summed E-state index contributed by atoms with van der Waals surface area (Å²) in [5, 5.41) is 6.78. The molecule has 0 saturated carbocycles. The Morgan fingerprint density at radius 1 is 1.62 bits per heavy atom. The maximum absolute atomic E-state index is 12.5. The Bertz CT molecular complexity index is 169. The lowest BCUT2D eigenvalue weighted by atomic mass is 10.7. The van der Waals surface area contributed by atoms with E-state index in [1.807, 2.05) is 0 Å². The molecule has 0 aliphatic rings. The standard InChI is InChI=1S/C4H5BrF2O5S/c5-1-2-10-3(8)4(6,7)13-12-11-9/h9H,1-2H2. The number of alkyl halides is 3. The van der Waals surface area contributed by atoms with E-state index in [-0.39, 0.29) is 11.9 Å². The van der Waals surface area contributed by atoms with Gasteiger partial charge >= 0.3 is 11.2 Å². The highest BCUT2D eigenvalue weighted by molar-refractivity contribution is 9.09. The second kappa shape index (κ2) is 6.49. The van der Waals surface area contributed by atoms with E-state index in [4.69, 9.17) is 5.26 Å². The summed E-state index contributed by atoms with van der Waals surface area (Å²) in [6.45, 7) is -0.186. The first-order valence-electron chi connectivity index (χ1n) is 2.81. The van der Waals surface area contributed by atoms with Crippen LogP contribution in [0.25, 0.3) is 0 Å². The van der Waals surface area contributed by atoms with Crippen LogP contribution in [-0.4, -0.2) is 28.4 Å². The third-order valence-corrected chi connectivity index (χ3v) is 1.55. The second-order valence-corrected chi connectivity index (χ2v) is 3.18. The molecule has 0 heterocycles. The Morgan fingerprint density at radius 2 is 2.23 bits per heavy atom. The van der Waals surface area contributed by atoms with Crippen LogP contribution in [0.3, 0.4) is 0 Å². The molecule has 0 aromatic carbocycles. The summed E-state index contributed by atoms with van der Waals surface area (Å²) in [7, 11) is 0. The van der Waals surface area contributed by atoms with Gasteiger partial charge in [-0.25, -0.2) is 10.1 Å². The smallest absolute Gasteiger partial charge is 0.415 e. The molecule has 0 radical (unpaired) electrons. The van der Waals surface area contributed by atoms with E-state index in [1.165, 1.54) is 0 Å². The van der Waals surface area contributed by atoms with Crippen molar-refractivity contribution < 1.29 is 32.9 Å². The number of halogens is 3. The summed E-state index contributed by atoms with van der Waals surface area (Å²) >= 11 is 2.21. The maximum atomic E-state index is 12.5. The molecule has 0 aliphatic carbocycles. The van der Waals surface area contributed by atoms with E-state index < -0.39 is 23.3 Å². The third-order valence-electron chi connectivity index (χ3n) is 0.717. The SMILES string of the molecule is O=C(OCCBr)C(F)(F)SOOO. The highest BCUT2D eigenvalue weighted by Gasteiger charge is 2.43. The molecule has 0 fully saturated rings. The zero-order valence-electron chi connectivity index (χ0n) is 6.04. The van der Waals surface area contributed by atoms with Gasteiger partial charge in [0.1, 0.15) is 18.6 Å². The molecule has 0 rings (SSSR count). The van der Waals surface area contributed by atoms with Crippen molar-refractivity contribution in [3.63, 3.8) is 0 Å². The van der Waals surface area contributed by atoms with Crippen LogP contribution in [0.5, 0.6) is 0 Å². The van der Waals surface area contributed by atoms with Crippen LogP contribution in [0.4, 0.5) is 8.78 Å². The molecule has 0 amide bonds.